The van der Waals surface area contributed by atoms with Crippen LogP contribution in [0, 0.1) is 24.0 Å². The van der Waals surface area contributed by atoms with Gasteiger partial charge in [0.2, 0.25) is 5.91 Å². The van der Waals surface area contributed by atoms with Gasteiger partial charge in [-0.25, -0.2) is 4.79 Å². The Morgan fingerprint density at radius 2 is 1.80 bits per heavy atom. The third-order valence-corrected chi connectivity index (χ3v) is 4.84. The number of amides is 1. The molecule has 2 rings (SSSR count). The first-order valence-electron chi connectivity index (χ1n) is 11.0. The van der Waals surface area contributed by atoms with E-state index in [9.17, 15) is 9.59 Å². The molecule has 0 atom stereocenters. The number of ether oxygens (including phenoxy) is 4. The first kappa shape index (κ1) is 26.9. The van der Waals surface area contributed by atoms with Crippen LogP contribution in [0.3, 0.4) is 0 Å². The standard InChI is InChI=1S/C27H30N2O6/c1-5-15-29(26(30)20-21-10-6-7-11-24(21)32-2)16-9-18-35-17-8-14-28-23-19-22(27(31)34-4)12-13-25(23)33-3/h6-7,10-13,19,28H,9,14,16,18,20H2,1-4H3. The quantitative estimate of drug-likeness (QED) is 0.229. The van der Waals surface area contributed by atoms with Crippen LogP contribution in [0.25, 0.3) is 0 Å². The second-order valence-electron chi connectivity index (χ2n) is 7.14. The van der Waals surface area contributed by atoms with Gasteiger partial charge in [0.1, 0.15) is 24.2 Å². The Balaban J connectivity index is 1.80. The Labute approximate surface area is 206 Å². The fraction of sp³-hybridized carbons (Fsp3) is 0.333. The zero-order valence-electron chi connectivity index (χ0n) is 20.5. The highest BCUT2D eigenvalue weighted by Crippen LogP contribution is 2.25. The minimum Gasteiger partial charge on any atom is -0.496 e. The molecule has 0 bridgehead atoms. The molecular weight excluding hydrogens is 448 g/mol. The van der Waals surface area contributed by atoms with Crippen LogP contribution in [0.1, 0.15) is 29.3 Å². The van der Waals surface area contributed by atoms with Crippen molar-refractivity contribution in [2.45, 2.75) is 19.8 Å². The maximum Gasteiger partial charge on any atom is 0.337 e. The number of carbonyl (C=O) groups excluding carboxylic acids is 2. The van der Waals surface area contributed by atoms with E-state index in [1.807, 2.05) is 24.3 Å². The average molecular weight is 479 g/mol. The molecule has 1 N–H and O–H groups in total. The molecule has 35 heavy (non-hydrogen) atoms. The van der Waals surface area contributed by atoms with Crippen molar-refractivity contribution < 1.29 is 28.5 Å². The Kier molecular flexibility index (Phi) is 11.4. The number of hydrogen-bond donors (Lipinski definition) is 1. The Hall–Kier alpha value is -4.30. The van der Waals surface area contributed by atoms with Gasteiger partial charge in [0, 0.05) is 24.6 Å². The summed E-state index contributed by atoms with van der Waals surface area (Å²) < 4.78 is 20.7. The third kappa shape index (κ3) is 8.53. The van der Waals surface area contributed by atoms with Gasteiger partial charge >= 0.3 is 5.97 Å². The van der Waals surface area contributed by atoms with Crippen molar-refractivity contribution in [2.75, 3.05) is 46.3 Å². The molecule has 8 heteroatoms. The Morgan fingerprint density at radius 3 is 2.51 bits per heavy atom. The number of esters is 1. The van der Waals surface area contributed by atoms with E-state index in [-0.39, 0.29) is 18.9 Å². The first-order chi connectivity index (χ1) is 17.0. The lowest BCUT2D eigenvalue weighted by molar-refractivity contribution is -0.127. The number of nitrogens with zero attached hydrogens (tertiary/aromatic N) is 1. The third-order valence-electron chi connectivity index (χ3n) is 4.84. The summed E-state index contributed by atoms with van der Waals surface area (Å²) in [7, 11) is 4.45. The van der Waals surface area contributed by atoms with Gasteiger partial charge < -0.3 is 24.3 Å². The second-order valence-corrected chi connectivity index (χ2v) is 7.14. The molecule has 0 heterocycles. The highest BCUT2D eigenvalue weighted by molar-refractivity contribution is 5.91. The van der Waals surface area contributed by atoms with E-state index in [4.69, 9.17) is 18.9 Å². The predicted octanol–water partition coefficient (Wildman–Crippen LogP) is 3.32. The normalized spacial score (nSPS) is 9.49. The van der Waals surface area contributed by atoms with Gasteiger partial charge in [-0.15, -0.1) is 0 Å². The van der Waals surface area contributed by atoms with Crippen LogP contribution >= 0.6 is 0 Å². The molecule has 0 fully saturated rings. The summed E-state index contributed by atoms with van der Waals surface area (Å²) >= 11 is 0. The zero-order chi connectivity index (χ0) is 25.5. The molecule has 184 valence electrons. The topological polar surface area (TPSA) is 86.3 Å². The van der Waals surface area contributed by atoms with Crippen molar-refractivity contribution in [3.8, 4) is 35.5 Å². The van der Waals surface area contributed by atoms with E-state index in [0.29, 0.717) is 42.3 Å². The number of para-hydroxylation sites is 1. The Morgan fingerprint density at radius 1 is 1.03 bits per heavy atom. The van der Waals surface area contributed by atoms with Crippen LogP contribution in [0.2, 0.25) is 0 Å². The highest BCUT2D eigenvalue weighted by Gasteiger charge is 2.14. The molecule has 0 unspecified atom stereocenters. The van der Waals surface area contributed by atoms with Crippen molar-refractivity contribution >= 4 is 17.6 Å². The van der Waals surface area contributed by atoms with Crippen molar-refractivity contribution in [1.29, 1.82) is 0 Å². The predicted molar refractivity (Wildman–Crippen MR) is 133 cm³/mol. The molecular formula is C27H30N2O6. The minimum absolute atomic E-state index is 0.109. The SMILES string of the molecule is CC#CN(CCCOC#CCNc1cc(C(=O)OC)ccc1OC)C(=O)Cc1ccccc1OC. The summed E-state index contributed by atoms with van der Waals surface area (Å²) in [6.45, 7) is 2.74. The zero-order valence-corrected chi connectivity index (χ0v) is 20.5. The largest absolute Gasteiger partial charge is 0.496 e. The van der Waals surface area contributed by atoms with E-state index < -0.39 is 5.97 Å². The lowest BCUT2D eigenvalue weighted by atomic mass is 10.1. The van der Waals surface area contributed by atoms with Gasteiger partial charge in [-0.1, -0.05) is 24.1 Å². The number of carbonyl (C=O) groups is 2. The molecule has 1 amide bonds. The fourth-order valence-corrected chi connectivity index (χ4v) is 3.15. The lowest BCUT2D eigenvalue weighted by Crippen LogP contribution is -2.29. The van der Waals surface area contributed by atoms with Gasteiger partial charge in [-0.05, 0) is 37.1 Å². The smallest absolute Gasteiger partial charge is 0.337 e. The minimum atomic E-state index is -0.437. The molecule has 0 aliphatic carbocycles. The van der Waals surface area contributed by atoms with Gasteiger partial charge in [0.05, 0.1) is 45.5 Å². The first-order valence-corrected chi connectivity index (χ1v) is 11.0. The van der Waals surface area contributed by atoms with E-state index >= 15 is 0 Å². The van der Waals surface area contributed by atoms with Crippen molar-refractivity contribution in [2.24, 2.45) is 0 Å². The highest BCUT2D eigenvalue weighted by atomic mass is 16.5. The fourth-order valence-electron chi connectivity index (χ4n) is 3.15. The van der Waals surface area contributed by atoms with Gasteiger partial charge in [0.25, 0.3) is 0 Å². The summed E-state index contributed by atoms with van der Waals surface area (Å²) in [5.41, 5.74) is 1.83. The van der Waals surface area contributed by atoms with Crippen LogP contribution in [0.5, 0.6) is 11.5 Å². The molecule has 0 aliphatic heterocycles. The number of nitrogens with one attached hydrogen (secondary N) is 1. The van der Waals surface area contributed by atoms with Crippen LogP contribution < -0.4 is 14.8 Å². The molecule has 0 saturated carbocycles. The molecule has 8 nitrogen and oxygen atoms in total. The van der Waals surface area contributed by atoms with Crippen LogP contribution in [0.15, 0.2) is 42.5 Å². The second kappa shape index (κ2) is 14.8. The van der Waals surface area contributed by atoms with Gasteiger partial charge in [-0.3, -0.25) is 9.69 Å². The van der Waals surface area contributed by atoms with Gasteiger partial charge in [0.15, 0.2) is 0 Å². The van der Waals surface area contributed by atoms with Crippen LogP contribution in [0.4, 0.5) is 5.69 Å². The molecule has 2 aromatic carbocycles. The summed E-state index contributed by atoms with van der Waals surface area (Å²) in [6, 6.07) is 15.2. The molecule has 0 radical (unpaired) electrons. The van der Waals surface area contributed by atoms with Crippen molar-refractivity contribution in [3.63, 3.8) is 0 Å². The average Bonchev–Trinajstić information content (AvgIpc) is 2.89. The van der Waals surface area contributed by atoms with Crippen LogP contribution in [-0.4, -0.2) is 57.8 Å². The van der Waals surface area contributed by atoms with E-state index in [2.05, 4.69) is 29.3 Å². The van der Waals surface area contributed by atoms with Crippen molar-refractivity contribution in [3.05, 3.63) is 53.6 Å². The van der Waals surface area contributed by atoms with Gasteiger partial charge in [-0.2, -0.15) is 0 Å². The Bertz CT molecular complexity index is 1120. The van der Waals surface area contributed by atoms with Crippen LogP contribution in [-0.2, 0) is 20.7 Å². The molecule has 0 spiro atoms. The summed E-state index contributed by atoms with van der Waals surface area (Å²) in [4.78, 5) is 25.9. The summed E-state index contributed by atoms with van der Waals surface area (Å²) in [6.07, 6.45) is 3.40. The summed E-state index contributed by atoms with van der Waals surface area (Å²) in [5, 5.41) is 3.09. The maximum atomic E-state index is 12.7. The lowest BCUT2D eigenvalue weighted by Gasteiger charge is -2.16. The van der Waals surface area contributed by atoms with Crippen molar-refractivity contribution in [1.82, 2.24) is 4.90 Å². The maximum absolute atomic E-state index is 12.7. The molecule has 0 aliphatic rings. The number of anilines is 1. The summed E-state index contributed by atoms with van der Waals surface area (Å²) in [5.74, 6) is 6.34. The van der Waals surface area contributed by atoms with E-state index in [1.54, 1.807) is 39.3 Å². The van der Waals surface area contributed by atoms with E-state index in [1.165, 1.54) is 12.0 Å². The number of methoxy groups -OCH3 is 3. The molecule has 0 aromatic heterocycles. The van der Waals surface area contributed by atoms with E-state index in [0.717, 1.165) is 5.56 Å². The number of benzene rings is 2. The monoisotopic (exact) mass is 478 g/mol. The molecule has 0 saturated heterocycles. The number of hydrogen-bond acceptors (Lipinski definition) is 7. The molecule has 2 aromatic rings. The number of rotatable bonds is 11.